The first-order chi connectivity index (χ1) is 12.2. The first-order valence-electron chi connectivity index (χ1n) is 7.95. The van der Waals surface area contributed by atoms with Crippen molar-refractivity contribution < 1.29 is 61.3 Å². The summed E-state index contributed by atoms with van der Waals surface area (Å²) in [6.07, 6.45) is 1.77. The summed E-state index contributed by atoms with van der Waals surface area (Å²) in [4.78, 5) is 21.5. The number of anilines is 1. The van der Waals surface area contributed by atoms with E-state index in [1.807, 2.05) is 23.1 Å². The molecular weight excluding hydrogens is 553 g/mol. The Bertz CT molecular complexity index is 837. The van der Waals surface area contributed by atoms with E-state index >= 15 is 0 Å². The van der Waals surface area contributed by atoms with Gasteiger partial charge in [-0.15, -0.1) is 0 Å². The van der Waals surface area contributed by atoms with E-state index in [0.717, 1.165) is 28.3 Å². The van der Waals surface area contributed by atoms with Gasteiger partial charge in [-0.25, -0.2) is 9.97 Å². The predicted molar refractivity (Wildman–Crippen MR) is 110 cm³/mol. The Hall–Kier alpha value is 1.03. The van der Waals surface area contributed by atoms with Gasteiger partial charge in [0.15, 0.2) is 5.82 Å². The van der Waals surface area contributed by atoms with Crippen molar-refractivity contribution >= 4 is 80.1 Å². The second-order valence-electron chi connectivity index (χ2n) is 6.15. The fourth-order valence-corrected chi connectivity index (χ4v) is 3.78. The van der Waals surface area contributed by atoms with Crippen LogP contribution in [0.1, 0.15) is 18.7 Å². The molecule has 27 heavy (non-hydrogen) atoms. The van der Waals surface area contributed by atoms with Gasteiger partial charge in [0.2, 0.25) is 3.79 Å². The Morgan fingerprint density at radius 2 is 2.11 bits per heavy atom. The molecule has 11 heteroatoms. The van der Waals surface area contributed by atoms with E-state index in [9.17, 15) is 9.90 Å². The number of benzene rings is 1. The number of halogens is 4. The van der Waals surface area contributed by atoms with Crippen molar-refractivity contribution in [3.05, 3.63) is 27.6 Å². The molecule has 1 atom stereocenters. The van der Waals surface area contributed by atoms with Gasteiger partial charge in [-0.2, -0.15) is 0 Å². The average Bonchev–Trinajstić information content (AvgIpc) is 2.54. The van der Waals surface area contributed by atoms with Gasteiger partial charge in [0.25, 0.3) is 0 Å². The average molecular weight is 568 g/mol. The Kier molecular flexibility index (Phi) is 9.33. The Morgan fingerprint density at radius 3 is 2.78 bits per heavy atom. The number of hydrogen-bond donors (Lipinski definition) is 1. The van der Waals surface area contributed by atoms with Crippen LogP contribution in [0.2, 0.25) is 0 Å². The van der Waals surface area contributed by atoms with E-state index in [2.05, 4.69) is 37.9 Å². The summed E-state index contributed by atoms with van der Waals surface area (Å²) in [7, 11) is 0. The number of nitrogens with one attached hydrogen (secondary N) is 1. The molecule has 1 aliphatic heterocycles. The van der Waals surface area contributed by atoms with Crippen LogP contribution in [0.25, 0.3) is 10.9 Å². The van der Waals surface area contributed by atoms with Crippen molar-refractivity contribution in [2.75, 3.05) is 25.0 Å². The van der Waals surface area contributed by atoms with Crippen molar-refractivity contribution in [2.45, 2.75) is 22.7 Å². The monoisotopic (exact) mass is 566 g/mol. The Balaban J connectivity index is 0.00000261. The van der Waals surface area contributed by atoms with Crippen molar-refractivity contribution in [3.8, 4) is 0 Å². The SMILES string of the molecule is O=C([O-])CN1CCCC(Nc2nc(C(Cl)(Cl)Cl)nc3ccc(I)cc23)C1.[K+]. The number of aliphatic carboxylic acids is 1. The summed E-state index contributed by atoms with van der Waals surface area (Å²) in [6, 6.07) is 5.77. The van der Waals surface area contributed by atoms with Crippen LogP contribution in [-0.4, -0.2) is 46.5 Å². The fraction of sp³-hybridized carbons (Fsp3) is 0.438. The number of carbonyl (C=O) groups excluding carboxylic acids is 1. The molecule has 0 saturated carbocycles. The fourth-order valence-electron chi connectivity index (χ4n) is 3.03. The number of rotatable bonds is 4. The minimum absolute atomic E-state index is 0. The maximum atomic E-state index is 10.9. The minimum Gasteiger partial charge on any atom is -0.549 e. The summed E-state index contributed by atoms with van der Waals surface area (Å²) in [5, 5.41) is 15.1. The van der Waals surface area contributed by atoms with Crippen LogP contribution < -0.4 is 61.8 Å². The van der Waals surface area contributed by atoms with Crippen LogP contribution in [0, 0.1) is 3.57 Å². The van der Waals surface area contributed by atoms with Crippen LogP contribution in [0.5, 0.6) is 0 Å². The molecule has 1 aliphatic rings. The van der Waals surface area contributed by atoms with E-state index in [1.54, 1.807) is 0 Å². The minimum atomic E-state index is -1.73. The number of hydrogen-bond acceptors (Lipinski definition) is 6. The summed E-state index contributed by atoms with van der Waals surface area (Å²) < 4.78 is -0.702. The molecule has 2 aromatic rings. The molecule has 2 heterocycles. The zero-order chi connectivity index (χ0) is 18.9. The van der Waals surface area contributed by atoms with Crippen molar-refractivity contribution in [1.82, 2.24) is 14.9 Å². The summed E-state index contributed by atoms with van der Waals surface area (Å²) in [5.74, 6) is -0.401. The van der Waals surface area contributed by atoms with Gasteiger partial charge in [0.05, 0.1) is 11.5 Å². The molecule has 3 rings (SSSR count). The molecule has 0 amide bonds. The molecule has 0 aliphatic carbocycles. The molecule has 0 spiro atoms. The Labute approximate surface area is 228 Å². The molecule has 140 valence electrons. The number of carboxylic acid groups (broad SMARTS) is 1. The molecule has 1 saturated heterocycles. The number of piperidine rings is 1. The first-order valence-corrected chi connectivity index (χ1v) is 10.2. The van der Waals surface area contributed by atoms with E-state index in [0.29, 0.717) is 17.9 Å². The quantitative estimate of drug-likeness (QED) is 0.310. The van der Waals surface area contributed by atoms with E-state index < -0.39 is 9.76 Å². The van der Waals surface area contributed by atoms with Gasteiger partial charge in [-0.1, -0.05) is 34.8 Å². The zero-order valence-electron chi connectivity index (χ0n) is 14.5. The largest absolute Gasteiger partial charge is 1.00 e. The molecule has 0 radical (unpaired) electrons. The number of likely N-dealkylation sites (tertiary alicyclic amines) is 1. The van der Waals surface area contributed by atoms with Crippen LogP contribution in [0.15, 0.2) is 18.2 Å². The maximum Gasteiger partial charge on any atom is 1.00 e. The molecule has 0 bridgehead atoms. The molecular formula is C16H15Cl3IKN4O2. The number of nitrogens with zero attached hydrogens (tertiary/aromatic N) is 3. The van der Waals surface area contributed by atoms with Crippen LogP contribution in [0.3, 0.4) is 0 Å². The van der Waals surface area contributed by atoms with Gasteiger partial charge in [-0.05, 0) is 60.2 Å². The number of alkyl halides is 3. The van der Waals surface area contributed by atoms with Gasteiger partial charge >= 0.3 is 51.4 Å². The maximum absolute atomic E-state index is 10.9. The topological polar surface area (TPSA) is 81.2 Å². The Morgan fingerprint density at radius 1 is 1.37 bits per heavy atom. The van der Waals surface area contributed by atoms with E-state index in [4.69, 9.17) is 34.8 Å². The van der Waals surface area contributed by atoms with Crippen LogP contribution in [-0.2, 0) is 8.59 Å². The zero-order valence-corrected chi connectivity index (χ0v) is 22.1. The second-order valence-corrected chi connectivity index (χ2v) is 9.67. The number of aromatic nitrogens is 2. The van der Waals surface area contributed by atoms with Gasteiger partial charge in [-0.3, -0.25) is 4.90 Å². The summed E-state index contributed by atoms with van der Waals surface area (Å²) in [6.45, 7) is 1.22. The number of fused-ring (bicyclic) bond motifs is 1. The van der Waals surface area contributed by atoms with Gasteiger partial charge < -0.3 is 15.2 Å². The summed E-state index contributed by atoms with van der Waals surface area (Å²) in [5.41, 5.74) is 0.673. The molecule has 6 nitrogen and oxygen atoms in total. The molecule has 1 fully saturated rings. The smallest absolute Gasteiger partial charge is 0.549 e. The first kappa shape index (κ1) is 24.3. The number of carboxylic acids is 1. The van der Waals surface area contributed by atoms with Crippen LogP contribution >= 0.6 is 57.4 Å². The summed E-state index contributed by atoms with van der Waals surface area (Å²) >= 11 is 20.2. The van der Waals surface area contributed by atoms with Gasteiger partial charge in [0, 0.05) is 28.1 Å². The number of carbonyl (C=O) groups is 1. The molecule has 1 unspecified atom stereocenters. The third kappa shape index (κ3) is 6.76. The molecule has 1 aromatic carbocycles. The van der Waals surface area contributed by atoms with Gasteiger partial charge in [0.1, 0.15) is 5.82 Å². The van der Waals surface area contributed by atoms with Crippen molar-refractivity contribution in [2.24, 2.45) is 0 Å². The van der Waals surface area contributed by atoms with E-state index in [-0.39, 0.29) is 69.8 Å². The second kappa shape index (κ2) is 10.4. The normalized spacial score (nSPS) is 18.1. The predicted octanol–water partition coefficient (Wildman–Crippen LogP) is -0.309. The van der Waals surface area contributed by atoms with E-state index in [1.165, 1.54) is 0 Å². The molecule has 1 N–H and O–H groups in total. The standard InChI is InChI=1S/C16H16Cl3IN4O2.K/c17-16(18,19)15-22-12-4-3-9(20)6-11(12)14(23-15)21-10-2-1-5-24(7-10)8-13(25)26;/h3-4,6,10H,1-2,5,7-8H2,(H,25,26)(H,21,22,23);/q;+1/p-1. The van der Waals surface area contributed by atoms with Crippen molar-refractivity contribution in [1.29, 1.82) is 0 Å². The molecule has 1 aromatic heterocycles. The third-order valence-corrected chi connectivity index (χ3v) is 5.29. The third-order valence-electron chi connectivity index (χ3n) is 4.11. The van der Waals surface area contributed by atoms with Crippen LogP contribution in [0.4, 0.5) is 5.82 Å². The van der Waals surface area contributed by atoms with Crippen molar-refractivity contribution in [3.63, 3.8) is 0 Å².